The lowest BCUT2D eigenvalue weighted by Crippen LogP contribution is -2.36. The van der Waals surface area contributed by atoms with Crippen molar-refractivity contribution in [3.8, 4) is 5.75 Å². The first-order valence-corrected chi connectivity index (χ1v) is 6.50. The summed E-state index contributed by atoms with van der Waals surface area (Å²) in [5, 5.41) is 19.5. The van der Waals surface area contributed by atoms with Gasteiger partial charge < -0.3 is 14.9 Å². The van der Waals surface area contributed by atoms with Gasteiger partial charge in [0.25, 0.3) is 0 Å². The summed E-state index contributed by atoms with van der Waals surface area (Å²) in [6, 6.07) is 8.93. The number of carboxylic acids is 1. The van der Waals surface area contributed by atoms with E-state index in [1.54, 1.807) is 24.3 Å². The monoisotopic (exact) mass is 262 g/mol. The molecule has 4 nitrogen and oxygen atoms in total. The minimum absolute atomic E-state index is 0.130. The van der Waals surface area contributed by atoms with Crippen LogP contribution in [0, 0.1) is 0 Å². The Balaban J connectivity index is 2.23. The minimum atomic E-state index is -1.16. The van der Waals surface area contributed by atoms with Crippen LogP contribution in [-0.4, -0.2) is 21.8 Å². The van der Waals surface area contributed by atoms with E-state index in [-0.39, 0.29) is 5.76 Å². The van der Waals surface area contributed by atoms with Gasteiger partial charge in [-0.15, -0.1) is 0 Å². The zero-order valence-electron chi connectivity index (χ0n) is 10.7. The van der Waals surface area contributed by atoms with Crippen LogP contribution in [0.4, 0.5) is 0 Å². The first kappa shape index (κ1) is 13.6. The molecule has 0 saturated heterocycles. The lowest BCUT2D eigenvalue weighted by atomic mass is 9.83. The number of hydrogen-bond acceptors (Lipinski definition) is 3. The van der Waals surface area contributed by atoms with E-state index in [0.717, 1.165) is 25.3 Å². The van der Waals surface area contributed by atoms with E-state index >= 15 is 0 Å². The van der Waals surface area contributed by atoms with Crippen molar-refractivity contribution in [3.63, 3.8) is 0 Å². The first-order valence-electron chi connectivity index (χ1n) is 6.50. The summed E-state index contributed by atoms with van der Waals surface area (Å²) in [6.45, 7) is 0. The van der Waals surface area contributed by atoms with Gasteiger partial charge in [-0.05, 0) is 25.0 Å². The van der Waals surface area contributed by atoms with Crippen LogP contribution in [0.2, 0.25) is 0 Å². The predicted octanol–water partition coefficient (Wildman–Crippen LogP) is 2.73. The minimum Gasteiger partial charge on any atom is -0.478 e. The Hall–Kier alpha value is -1.81. The standard InChI is InChI=1S/C15H18O4/c16-14(17)11-13(15(18)9-5-2-6-10-15)19-12-7-3-1-4-8-12/h1,3-4,7-8,11,18H,2,5-6,9-10H2,(H,16,17). The molecule has 0 spiro atoms. The number of hydrogen-bond donors (Lipinski definition) is 2. The molecule has 1 aromatic carbocycles. The second-order valence-electron chi connectivity index (χ2n) is 4.85. The van der Waals surface area contributed by atoms with Crippen LogP contribution in [0.15, 0.2) is 42.2 Å². The summed E-state index contributed by atoms with van der Waals surface area (Å²) in [7, 11) is 0. The van der Waals surface area contributed by atoms with Crippen molar-refractivity contribution in [1.82, 2.24) is 0 Å². The maximum absolute atomic E-state index is 10.9. The fraction of sp³-hybridized carbons (Fsp3) is 0.400. The Morgan fingerprint density at radius 2 is 1.79 bits per heavy atom. The average Bonchev–Trinajstić information content (AvgIpc) is 2.39. The fourth-order valence-electron chi connectivity index (χ4n) is 2.37. The second-order valence-corrected chi connectivity index (χ2v) is 4.85. The molecule has 1 fully saturated rings. The highest BCUT2D eigenvalue weighted by Gasteiger charge is 2.36. The van der Waals surface area contributed by atoms with Gasteiger partial charge in [-0.1, -0.05) is 37.5 Å². The quantitative estimate of drug-likeness (QED) is 0.646. The molecule has 0 bridgehead atoms. The van der Waals surface area contributed by atoms with Gasteiger partial charge in [-0.3, -0.25) is 0 Å². The van der Waals surface area contributed by atoms with E-state index in [4.69, 9.17) is 9.84 Å². The number of carboxylic acid groups (broad SMARTS) is 1. The third-order valence-electron chi connectivity index (χ3n) is 3.36. The van der Waals surface area contributed by atoms with Gasteiger partial charge in [0.05, 0.1) is 6.08 Å². The first-order chi connectivity index (χ1) is 9.10. The molecule has 1 aromatic rings. The highest BCUT2D eigenvalue weighted by atomic mass is 16.5. The fourth-order valence-corrected chi connectivity index (χ4v) is 2.37. The van der Waals surface area contributed by atoms with Gasteiger partial charge in [0, 0.05) is 0 Å². The van der Waals surface area contributed by atoms with Crippen LogP contribution in [0.3, 0.4) is 0 Å². The maximum atomic E-state index is 10.9. The Kier molecular flexibility index (Phi) is 4.22. The van der Waals surface area contributed by atoms with E-state index in [2.05, 4.69) is 0 Å². The molecule has 19 heavy (non-hydrogen) atoms. The number of aliphatic carboxylic acids is 1. The van der Waals surface area contributed by atoms with E-state index in [9.17, 15) is 9.90 Å². The number of aliphatic hydroxyl groups is 1. The second kappa shape index (κ2) is 5.89. The summed E-state index contributed by atoms with van der Waals surface area (Å²) in [4.78, 5) is 10.9. The van der Waals surface area contributed by atoms with Crippen molar-refractivity contribution >= 4 is 5.97 Å². The average molecular weight is 262 g/mol. The van der Waals surface area contributed by atoms with E-state index in [1.165, 1.54) is 0 Å². The van der Waals surface area contributed by atoms with Gasteiger partial charge >= 0.3 is 5.97 Å². The molecule has 0 atom stereocenters. The van der Waals surface area contributed by atoms with Crippen molar-refractivity contribution in [2.75, 3.05) is 0 Å². The molecular formula is C15H18O4. The zero-order chi connectivity index (χ0) is 13.7. The molecule has 4 heteroatoms. The zero-order valence-corrected chi connectivity index (χ0v) is 10.7. The Labute approximate surface area is 112 Å². The highest BCUT2D eigenvalue weighted by Crippen LogP contribution is 2.35. The van der Waals surface area contributed by atoms with Crippen LogP contribution in [-0.2, 0) is 4.79 Å². The molecule has 0 aliphatic heterocycles. The lowest BCUT2D eigenvalue weighted by molar-refractivity contribution is -0.131. The smallest absolute Gasteiger partial charge is 0.331 e. The van der Waals surface area contributed by atoms with Crippen LogP contribution in [0.1, 0.15) is 32.1 Å². The van der Waals surface area contributed by atoms with Crippen molar-refractivity contribution < 1.29 is 19.7 Å². The molecule has 1 aliphatic carbocycles. The third-order valence-corrected chi connectivity index (χ3v) is 3.36. The van der Waals surface area contributed by atoms with Crippen molar-refractivity contribution in [3.05, 3.63) is 42.2 Å². The van der Waals surface area contributed by atoms with E-state index in [0.29, 0.717) is 18.6 Å². The molecule has 1 aliphatic rings. The van der Waals surface area contributed by atoms with Crippen LogP contribution >= 0.6 is 0 Å². The van der Waals surface area contributed by atoms with Gasteiger partial charge in [0.15, 0.2) is 0 Å². The molecular weight excluding hydrogens is 244 g/mol. The van der Waals surface area contributed by atoms with E-state index in [1.807, 2.05) is 6.07 Å². The van der Waals surface area contributed by atoms with Crippen molar-refractivity contribution in [2.45, 2.75) is 37.7 Å². The third kappa shape index (κ3) is 3.58. The molecule has 0 amide bonds. The lowest BCUT2D eigenvalue weighted by Gasteiger charge is -2.33. The Bertz CT molecular complexity index is 458. The number of carbonyl (C=O) groups is 1. The molecule has 0 radical (unpaired) electrons. The van der Waals surface area contributed by atoms with Gasteiger partial charge in [-0.2, -0.15) is 0 Å². The SMILES string of the molecule is O=C(O)C=C(Oc1ccccc1)C1(O)CCCCC1. The van der Waals surface area contributed by atoms with Crippen molar-refractivity contribution in [1.29, 1.82) is 0 Å². The van der Waals surface area contributed by atoms with Gasteiger partial charge in [0.2, 0.25) is 0 Å². The van der Waals surface area contributed by atoms with Gasteiger partial charge in [-0.25, -0.2) is 4.79 Å². The molecule has 2 rings (SSSR count). The van der Waals surface area contributed by atoms with Crippen LogP contribution in [0.5, 0.6) is 5.75 Å². The van der Waals surface area contributed by atoms with Crippen molar-refractivity contribution in [2.24, 2.45) is 0 Å². The number of para-hydroxylation sites is 1. The molecule has 2 N–H and O–H groups in total. The van der Waals surface area contributed by atoms with Crippen LogP contribution < -0.4 is 4.74 Å². The largest absolute Gasteiger partial charge is 0.478 e. The maximum Gasteiger partial charge on any atom is 0.331 e. The normalized spacial score (nSPS) is 18.9. The number of rotatable bonds is 4. The molecule has 102 valence electrons. The topological polar surface area (TPSA) is 66.8 Å². The number of benzene rings is 1. The highest BCUT2D eigenvalue weighted by molar-refractivity contribution is 5.80. The summed E-state index contributed by atoms with van der Waals surface area (Å²) in [5.74, 6) is -0.440. The van der Waals surface area contributed by atoms with E-state index < -0.39 is 11.6 Å². The predicted molar refractivity (Wildman–Crippen MR) is 70.8 cm³/mol. The van der Waals surface area contributed by atoms with Gasteiger partial charge in [0.1, 0.15) is 17.1 Å². The summed E-state index contributed by atoms with van der Waals surface area (Å²) >= 11 is 0. The summed E-state index contributed by atoms with van der Waals surface area (Å²) in [6.07, 6.45) is 4.88. The Morgan fingerprint density at radius 1 is 1.16 bits per heavy atom. The summed E-state index contributed by atoms with van der Waals surface area (Å²) in [5.41, 5.74) is -1.16. The summed E-state index contributed by atoms with van der Waals surface area (Å²) < 4.78 is 5.60. The van der Waals surface area contributed by atoms with Crippen LogP contribution in [0.25, 0.3) is 0 Å². The Morgan fingerprint density at radius 3 is 2.37 bits per heavy atom. The number of ether oxygens (including phenoxy) is 1. The molecule has 0 aromatic heterocycles. The molecule has 1 saturated carbocycles. The molecule has 0 heterocycles. The molecule has 0 unspecified atom stereocenters.